The van der Waals surface area contributed by atoms with Crippen molar-refractivity contribution in [3.8, 4) is 0 Å². The molecule has 10 heteroatoms. The predicted octanol–water partition coefficient (Wildman–Crippen LogP) is 4.76. The van der Waals surface area contributed by atoms with Gasteiger partial charge in [-0.1, -0.05) is 56.3 Å². The van der Waals surface area contributed by atoms with Crippen LogP contribution in [0.5, 0.6) is 0 Å². The van der Waals surface area contributed by atoms with Crippen LogP contribution in [0, 0.1) is 17.3 Å². The molecule has 4 rings (SSSR count). The van der Waals surface area contributed by atoms with Crippen molar-refractivity contribution >= 4 is 29.1 Å². The normalized spacial score (nSPS) is 19.1. The van der Waals surface area contributed by atoms with Crippen LogP contribution >= 0.6 is 0 Å². The Bertz CT molecular complexity index is 1320. The molecular weight excluding hydrogens is 509 g/mol. The molecule has 2 aromatic rings. The third kappa shape index (κ3) is 5.46. The molecule has 7 nitrogen and oxygen atoms in total. The van der Waals surface area contributed by atoms with Gasteiger partial charge >= 0.3 is 6.18 Å². The van der Waals surface area contributed by atoms with Gasteiger partial charge in [-0.15, -0.1) is 0 Å². The van der Waals surface area contributed by atoms with Crippen LogP contribution in [0.2, 0.25) is 0 Å². The molecule has 0 bridgehead atoms. The van der Waals surface area contributed by atoms with E-state index in [4.69, 9.17) is 5.73 Å². The summed E-state index contributed by atoms with van der Waals surface area (Å²) in [6, 6.07) is 11.3. The molecule has 2 aromatic carbocycles. The van der Waals surface area contributed by atoms with Gasteiger partial charge in [0.2, 0.25) is 18.0 Å². The number of halogens is 3. The number of amides is 3. The van der Waals surface area contributed by atoms with Crippen molar-refractivity contribution in [2.45, 2.75) is 45.5 Å². The van der Waals surface area contributed by atoms with Crippen molar-refractivity contribution in [2.75, 3.05) is 12.4 Å². The number of rotatable bonds is 7. The monoisotopic (exact) mass is 540 g/mol. The van der Waals surface area contributed by atoms with Crippen LogP contribution in [0.3, 0.4) is 0 Å². The minimum Gasteiger partial charge on any atom is -0.369 e. The minimum absolute atomic E-state index is 0.0580. The number of allylic oxidation sites excluding steroid dienone is 2. The molecular formula is C29H31F3N4O3. The fraction of sp³-hybridized carbons (Fsp3) is 0.379. The van der Waals surface area contributed by atoms with Gasteiger partial charge in [-0.3, -0.25) is 14.4 Å². The largest absolute Gasteiger partial charge is 0.416 e. The van der Waals surface area contributed by atoms with E-state index in [1.54, 1.807) is 24.3 Å². The summed E-state index contributed by atoms with van der Waals surface area (Å²) in [6.45, 7) is 3.88. The van der Waals surface area contributed by atoms with Crippen LogP contribution in [-0.2, 0) is 20.6 Å². The highest BCUT2D eigenvalue weighted by Crippen LogP contribution is 2.44. The third-order valence-electron chi connectivity index (χ3n) is 7.42. The number of carbonyl (C=O) groups is 3. The van der Waals surface area contributed by atoms with Gasteiger partial charge < -0.3 is 16.0 Å². The van der Waals surface area contributed by atoms with Crippen LogP contribution < -0.4 is 11.1 Å². The lowest BCUT2D eigenvalue weighted by atomic mass is 9.69. The summed E-state index contributed by atoms with van der Waals surface area (Å²) in [6.07, 6.45) is -1.16. The van der Waals surface area contributed by atoms with E-state index in [-0.39, 0.29) is 11.6 Å². The van der Waals surface area contributed by atoms with Crippen LogP contribution in [0.4, 0.5) is 18.9 Å². The Kier molecular flexibility index (Phi) is 7.68. The molecule has 0 spiro atoms. The Morgan fingerprint density at radius 3 is 2.28 bits per heavy atom. The number of benzene rings is 2. The number of primary amides is 1. The van der Waals surface area contributed by atoms with Crippen molar-refractivity contribution < 1.29 is 27.6 Å². The molecule has 0 saturated heterocycles. The van der Waals surface area contributed by atoms with Gasteiger partial charge in [-0.2, -0.15) is 13.2 Å². The number of aliphatic imine (C=N–C) groups is 1. The summed E-state index contributed by atoms with van der Waals surface area (Å²) in [7, 11) is 1.45. The van der Waals surface area contributed by atoms with Gasteiger partial charge in [-0.25, -0.2) is 4.99 Å². The van der Waals surface area contributed by atoms with E-state index in [0.29, 0.717) is 36.1 Å². The van der Waals surface area contributed by atoms with Gasteiger partial charge in [0.15, 0.2) is 0 Å². The average molecular weight is 541 g/mol. The highest BCUT2D eigenvalue weighted by atomic mass is 19.4. The zero-order chi connectivity index (χ0) is 28.5. The number of fused-ring (bicyclic) bond motifs is 1. The van der Waals surface area contributed by atoms with E-state index in [1.165, 1.54) is 24.1 Å². The van der Waals surface area contributed by atoms with Crippen molar-refractivity contribution in [2.24, 2.45) is 28.0 Å². The molecule has 0 aromatic heterocycles. The second kappa shape index (κ2) is 10.7. The first-order valence-electron chi connectivity index (χ1n) is 12.7. The smallest absolute Gasteiger partial charge is 0.369 e. The molecule has 39 heavy (non-hydrogen) atoms. The molecule has 3 amide bonds. The summed E-state index contributed by atoms with van der Waals surface area (Å²) in [5.74, 6) is -2.35. The highest BCUT2D eigenvalue weighted by Gasteiger charge is 2.50. The van der Waals surface area contributed by atoms with Crippen LogP contribution in [0.25, 0.3) is 0 Å². The van der Waals surface area contributed by atoms with E-state index < -0.39 is 47.0 Å². The second-order valence-electron chi connectivity index (χ2n) is 10.5. The number of anilines is 1. The van der Waals surface area contributed by atoms with Crippen molar-refractivity contribution in [1.29, 1.82) is 0 Å². The van der Waals surface area contributed by atoms with Crippen LogP contribution in [0.1, 0.15) is 49.8 Å². The maximum atomic E-state index is 14.0. The lowest BCUT2D eigenvalue weighted by Crippen LogP contribution is -2.53. The zero-order valence-electron chi connectivity index (χ0n) is 22.0. The van der Waals surface area contributed by atoms with Gasteiger partial charge in [0.05, 0.1) is 28.3 Å². The van der Waals surface area contributed by atoms with E-state index in [2.05, 4.69) is 10.3 Å². The number of nitrogens with two attached hydrogens (primary N) is 1. The van der Waals surface area contributed by atoms with Gasteiger partial charge in [-0.05, 0) is 43.4 Å². The first-order valence-corrected chi connectivity index (χ1v) is 12.7. The summed E-state index contributed by atoms with van der Waals surface area (Å²) in [5.41, 5.74) is 5.44. The second-order valence-corrected chi connectivity index (χ2v) is 10.5. The maximum Gasteiger partial charge on any atom is 0.416 e. The van der Waals surface area contributed by atoms with Gasteiger partial charge in [0.1, 0.15) is 0 Å². The average Bonchev–Trinajstić information content (AvgIpc) is 3.33. The number of para-hydroxylation sites is 1. The molecule has 0 fully saturated rings. The predicted molar refractivity (Wildman–Crippen MR) is 142 cm³/mol. The Morgan fingerprint density at radius 1 is 1.10 bits per heavy atom. The Labute approximate surface area is 225 Å². The fourth-order valence-electron chi connectivity index (χ4n) is 5.28. The SMILES string of the molecule is CC(C)CC(C(=O)N(C)C1N=C(c2ccc(C(F)(F)F)cc2)c2ccccc2NC1=O)C1(C(N)=O)CC=CC1. The van der Waals surface area contributed by atoms with Crippen molar-refractivity contribution in [1.82, 2.24) is 4.90 Å². The number of likely N-dealkylation sites (N-methyl/N-ethyl adjacent to an activating group) is 1. The van der Waals surface area contributed by atoms with Crippen molar-refractivity contribution in [3.63, 3.8) is 0 Å². The molecule has 0 radical (unpaired) electrons. The number of benzodiazepines with no additional fused rings is 1. The van der Waals surface area contributed by atoms with Gasteiger partial charge in [0.25, 0.3) is 5.91 Å². The zero-order valence-corrected chi connectivity index (χ0v) is 22.0. The summed E-state index contributed by atoms with van der Waals surface area (Å²) < 4.78 is 39.6. The first kappa shape index (κ1) is 28.1. The molecule has 2 aliphatic rings. The Morgan fingerprint density at radius 2 is 1.72 bits per heavy atom. The standard InChI is InChI=1S/C29H31F3N4O3/c1-17(2)16-21(28(27(33)39)14-6-7-15-28)26(38)36(3)24-25(37)34-22-9-5-4-8-20(22)23(35-24)18-10-12-19(13-11-18)29(30,31)32/h4-13,17,21,24H,14-16H2,1-3H3,(H2,33,39)(H,34,37). The van der Waals surface area contributed by atoms with E-state index in [0.717, 1.165) is 12.1 Å². The number of nitrogens with zero attached hydrogens (tertiary/aromatic N) is 2. The number of nitrogens with one attached hydrogen (secondary N) is 1. The molecule has 0 saturated carbocycles. The maximum absolute atomic E-state index is 14.0. The lowest BCUT2D eigenvalue weighted by molar-refractivity contribution is -0.149. The van der Waals surface area contributed by atoms with Crippen LogP contribution in [-0.4, -0.2) is 41.5 Å². The molecule has 1 aliphatic heterocycles. The molecule has 1 aliphatic carbocycles. The van der Waals surface area contributed by atoms with Crippen LogP contribution in [0.15, 0.2) is 65.7 Å². The van der Waals surface area contributed by atoms with Crippen molar-refractivity contribution in [3.05, 3.63) is 77.4 Å². The highest BCUT2D eigenvalue weighted by molar-refractivity contribution is 6.19. The summed E-state index contributed by atoms with van der Waals surface area (Å²) in [5, 5.41) is 2.79. The molecule has 3 N–H and O–H groups in total. The first-order chi connectivity index (χ1) is 18.3. The van der Waals surface area contributed by atoms with E-state index in [9.17, 15) is 27.6 Å². The quantitative estimate of drug-likeness (QED) is 0.495. The molecule has 206 valence electrons. The molecule has 2 atom stereocenters. The van der Waals surface area contributed by atoms with E-state index in [1.807, 2.05) is 26.0 Å². The van der Waals surface area contributed by atoms with E-state index >= 15 is 0 Å². The number of carbonyl (C=O) groups excluding carboxylic acids is 3. The Balaban J connectivity index is 1.78. The third-order valence-corrected chi connectivity index (χ3v) is 7.42. The molecule has 2 unspecified atom stereocenters. The lowest BCUT2D eigenvalue weighted by Gasteiger charge is -2.38. The minimum atomic E-state index is -4.51. The summed E-state index contributed by atoms with van der Waals surface area (Å²) in [4.78, 5) is 45.9. The topological polar surface area (TPSA) is 105 Å². The summed E-state index contributed by atoms with van der Waals surface area (Å²) >= 11 is 0. The Hall–Kier alpha value is -3.95. The number of hydrogen-bond donors (Lipinski definition) is 2. The fourth-order valence-corrected chi connectivity index (χ4v) is 5.28. The number of alkyl halides is 3. The number of hydrogen-bond acceptors (Lipinski definition) is 4. The molecule has 1 heterocycles. The van der Waals surface area contributed by atoms with Gasteiger partial charge in [0, 0.05) is 18.2 Å².